The third-order valence-electron chi connectivity index (χ3n) is 3.71. The predicted molar refractivity (Wildman–Crippen MR) is 96.1 cm³/mol. The number of carboxylic acid groups (broad SMARTS) is 1. The second-order valence-electron chi connectivity index (χ2n) is 6.18. The summed E-state index contributed by atoms with van der Waals surface area (Å²) in [6.07, 6.45) is 3.82. The first-order valence-electron chi connectivity index (χ1n) is 8.46. The van der Waals surface area contributed by atoms with E-state index in [0.717, 1.165) is 36.8 Å². The summed E-state index contributed by atoms with van der Waals surface area (Å²) >= 11 is 0. The number of carboxylic acids is 1. The van der Waals surface area contributed by atoms with Crippen molar-refractivity contribution in [1.82, 2.24) is 5.32 Å². The number of amides is 1. The van der Waals surface area contributed by atoms with E-state index >= 15 is 0 Å². The summed E-state index contributed by atoms with van der Waals surface area (Å²) in [6.45, 7) is 5.17. The number of hydrogen-bond acceptors (Lipinski definition) is 4. The van der Waals surface area contributed by atoms with Gasteiger partial charge in [-0.2, -0.15) is 0 Å². The predicted octanol–water partition coefficient (Wildman–Crippen LogP) is 2.19. The van der Waals surface area contributed by atoms with Crippen LogP contribution in [0.25, 0.3) is 0 Å². The van der Waals surface area contributed by atoms with E-state index in [1.54, 1.807) is 0 Å². The van der Waals surface area contributed by atoms with Crippen molar-refractivity contribution in [1.29, 1.82) is 0 Å². The van der Waals surface area contributed by atoms with E-state index in [2.05, 4.69) is 10.6 Å². The lowest BCUT2D eigenvalue weighted by atomic mass is 10.1. The Morgan fingerprint density at radius 1 is 1.08 bits per heavy atom. The number of hydrogen-bond donors (Lipinski definition) is 4. The number of aliphatic carboxylic acids is 1. The van der Waals surface area contributed by atoms with Gasteiger partial charge in [-0.05, 0) is 63.0 Å². The quantitative estimate of drug-likeness (QED) is 0.464. The molecule has 1 atom stereocenters. The molecular formula is C18H29N3O3. The fourth-order valence-electron chi connectivity index (χ4n) is 2.59. The van der Waals surface area contributed by atoms with Crippen LogP contribution in [0.3, 0.4) is 0 Å². The average Bonchev–Trinajstić information content (AvgIpc) is 2.48. The molecule has 0 aliphatic rings. The molecule has 1 rings (SSSR count). The molecule has 0 spiro atoms. The van der Waals surface area contributed by atoms with Crippen molar-refractivity contribution in [2.75, 3.05) is 18.4 Å². The van der Waals surface area contributed by atoms with Crippen molar-refractivity contribution >= 4 is 17.6 Å². The van der Waals surface area contributed by atoms with Crippen LogP contribution in [0.1, 0.15) is 43.2 Å². The number of benzene rings is 1. The van der Waals surface area contributed by atoms with Gasteiger partial charge in [0.05, 0.1) is 6.42 Å². The van der Waals surface area contributed by atoms with E-state index in [1.807, 2.05) is 32.0 Å². The molecule has 0 radical (unpaired) electrons. The Hall–Kier alpha value is -1.92. The number of rotatable bonds is 11. The highest BCUT2D eigenvalue weighted by atomic mass is 16.4. The Kier molecular flexibility index (Phi) is 9.04. The number of nitrogens with two attached hydrogens (primary N) is 1. The molecule has 1 aromatic rings. The molecule has 24 heavy (non-hydrogen) atoms. The zero-order valence-corrected chi connectivity index (χ0v) is 14.6. The van der Waals surface area contributed by atoms with E-state index in [1.165, 1.54) is 0 Å². The second-order valence-corrected chi connectivity index (χ2v) is 6.18. The van der Waals surface area contributed by atoms with Crippen molar-refractivity contribution < 1.29 is 14.7 Å². The smallest absolute Gasteiger partial charge is 0.321 e. The van der Waals surface area contributed by atoms with Gasteiger partial charge in [0, 0.05) is 5.69 Å². The number of carbonyl (C=O) groups excluding carboxylic acids is 1. The first-order chi connectivity index (χ1) is 11.4. The van der Waals surface area contributed by atoms with Crippen molar-refractivity contribution in [2.45, 2.75) is 52.0 Å². The molecule has 5 N–H and O–H groups in total. The topological polar surface area (TPSA) is 104 Å². The number of unbranched alkanes of at least 4 members (excludes halogenated alkanes) is 3. The molecular weight excluding hydrogens is 306 g/mol. The summed E-state index contributed by atoms with van der Waals surface area (Å²) in [7, 11) is 0. The normalized spacial score (nSPS) is 12.0. The standard InChI is InChI=1S/C18H29N3O3/c1-13-9-14(2)11-15(10-13)21-17(22)12-16(18(23)24)20-8-6-4-3-5-7-19/h9-11,16,20H,3-8,12,19H2,1-2H3,(H,21,22)(H,23,24)/t16-/m0/s1. The molecule has 0 heterocycles. The summed E-state index contributed by atoms with van der Waals surface area (Å²) in [4.78, 5) is 23.4. The fraction of sp³-hybridized carbons (Fsp3) is 0.556. The minimum atomic E-state index is -1.01. The molecule has 0 saturated heterocycles. The van der Waals surface area contributed by atoms with Crippen LogP contribution in [-0.4, -0.2) is 36.1 Å². The maximum atomic E-state index is 12.1. The van der Waals surface area contributed by atoms with Crippen LogP contribution in [0.4, 0.5) is 5.69 Å². The monoisotopic (exact) mass is 335 g/mol. The molecule has 0 aliphatic heterocycles. The minimum absolute atomic E-state index is 0.0921. The van der Waals surface area contributed by atoms with Crippen molar-refractivity contribution in [2.24, 2.45) is 5.73 Å². The largest absolute Gasteiger partial charge is 0.480 e. The highest BCUT2D eigenvalue weighted by Gasteiger charge is 2.20. The van der Waals surface area contributed by atoms with Crippen LogP contribution in [-0.2, 0) is 9.59 Å². The number of aryl methyl sites for hydroxylation is 2. The lowest BCUT2D eigenvalue weighted by molar-refractivity contribution is -0.141. The van der Waals surface area contributed by atoms with Crippen LogP contribution < -0.4 is 16.4 Å². The SMILES string of the molecule is Cc1cc(C)cc(NC(=O)C[C@H](NCCCCCCN)C(=O)O)c1. The van der Waals surface area contributed by atoms with Gasteiger partial charge >= 0.3 is 5.97 Å². The van der Waals surface area contributed by atoms with Gasteiger partial charge in [-0.15, -0.1) is 0 Å². The Morgan fingerprint density at radius 2 is 1.71 bits per heavy atom. The molecule has 1 amide bonds. The summed E-state index contributed by atoms with van der Waals surface area (Å²) in [5, 5.41) is 15.0. The molecule has 0 aliphatic carbocycles. The van der Waals surface area contributed by atoms with Gasteiger partial charge in [0.15, 0.2) is 0 Å². The Bertz CT molecular complexity index is 526. The highest BCUT2D eigenvalue weighted by molar-refractivity contribution is 5.94. The first-order valence-corrected chi connectivity index (χ1v) is 8.46. The van der Waals surface area contributed by atoms with E-state index in [4.69, 9.17) is 5.73 Å². The maximum absolute atomic E-state index is 12.1. The third-order valence-corrected chi connectivity index (χ3v) is 3.71. The summed E-state index contributed by atoms with van der Waals surface area (Å²) in [5.41, 5.74) is 8.23. The van der Waals surface area contributed by atoms with E-state index in [9.17, 15) is 14.7 Å². The molecule has 0 aromatic heterocycles. The van der Waals surface area contributed by atoms with Crippen molar-refractivity contribution in [3.63, 3.8) is 0 Å². The van der Waals surface area contributed by atoms with Gasteiger partial charge in [-0.3, -0.25) is 9.59 Å². The lowest BCUT2D eigenvalue weighted by Gasteiger charge is -2.15. The molecule has 1 aromatic carbocycles. The van der Waals surface area contributed by atoms with Crippen LogP contribution >= 0.6 is 0 Å². The van der Waals surface area contributed by atoms with Crippen LogP contribution in [0.5, 0.6) is 0 Å². The van der Waals surface area contributed by atoms with Crippen molar-refractivity contribution in [3.05, 3.63) is 29.3 Å². The van der Waals surface area contributed by atoms with E-state index in [0.29, 0.717) is 18.8 Å². The van der Waals surface area contributed by atoms with Gasteiger partial charge in [0.2, 0.25) is 5.91 Å². The van der Waals surface area contributed by atoms with E-state index in [-0.39, 0.29) is 12.3 Å². The van der Waals surface area contributed by atoms with E-state index < -0.39 is 12.0 Å². The molecule has 134 valence electrons. The van der Waals surface area contributed by atoms with Gasteiger partial charge < -0.3 is 21.5 Å². The Morgan fingerprint density at radius 3 is 2.29 bits per heavy atom. The lowest BCUT2D eigenvalue weighted by Crippen LogP contribution is -2.40. The van der Waals surface area contributed by atoms with Gasteiger partial charge in [0.1, 0.15) is 6.04 Å². The minimum Gasteiger partial charge on any atom is -0.480 e. The Balaban J connectivity index is 2.43. The fourth-order valence-corrected chi connectivity index (χ4v) is 2.59. The molecule has 0 unspecified atom stereocenters. The molecule has 0 fully saturated rings. The van der Waals surface area contributed by atoms with Crippen LogP contribution in [0, 0.1) is 13.8 Å². The maximum Gasteiger partial charge on any atom is 0.321 e. The highest BCUT2D eigenvalue weighted by Crippen LogP contribution is 2.14. The zero-order chi connectivity index (χ0) is 17.9. The summed E-state index contributed by atoms with van der Waals surface area (Å²) < 4.78 is 0. The molecule has 6 heteroatoms. The van der Waals surface area contributed by atoms with Gasteiger partial charge in [-0.1, -0.05) is 18.9 Å². The Labute approximate surface area is 143 Å². The zero-order valence-electron chi connectivity index (χ0n) is 14.6. The van der Waals surface area contributed by atoms with Crippen LogP contribution in [0.2, 0.25) is 0 Å². The molecule has 6 nitrogen and oxygen atoms in total. The number of carbonyl (C=O) groups is 2. The molecule has 0 bridgehead atoms. The van der Waals surface area contributed by atoms with Gasteiger partial charge in [-0.25, -0.2) is 0 Å². The van der Waals surface area contributed by atoms with Crippen LogP contribution in [0.15, 0.2) is 18.2 Å². The first kappa shape index (κ1) is 20.1. The van der Waals surface area contributed by atoms with Crippen molar-refractivity contribution in [3.8, 4) is 0 Å². The number of anilines is 1. The van der Waals surface area contributed by atoms with Gasteiger partial charge in [0.25, 0.3) is 0 Å². The third kappa shape index (κ3) is 8.08. The summed E-state index contributed by atoms with van der Waals surface area (Å²) in [5.74, 6) is -1.31. The molecule has 0 saturated carbocycles. The second kappa shape index (κ2) is 10.8. The summed E-state index contributed by atoms with van der Waals surface area (Å²) in [6, 6.07) is 4.88. The number of nitrogens with one attached hydrogen (secondary N) is 2. The average molecular weight is 335 g/mol.